The maximum absolute atomic E-state index is 5.59. The lowest BCUT2D eigenvalue weighted by atomic mass is 9.95. The number of allylic oxidation sites excluding steroid dienone is 1. The molecule has 82 valence electrons. The van der Waals surface area contributed by atoms with Crippen LogP contribution < -0.4 is 0 Å². The number of halogens is 1. The Morgan fingerprint density at radius 1 is 1.43 bits per heavy atom. The zero-order valence-electron chi connectivity index (χ0n) is 9.34. The second-order valence-corrected chi connectivity index (χ2v) is 6.05. The third kappa shape index (κ3) is 3.71. The monoisotopic (exact) mass is 262 g/mol. The van der Waals surface area contributed by atoms with Gasteiger partial charge in [0, 0.05) is 10.2 Å². The van der Waals surface area contributed by atoms with E-state index in [1.165, 1.54) is 5.57 Å². The molecule has 3 heteroatoms. The van der Waals surface area contributed by atoms with Gasteiger partial charge in [0.25, 0.3) is 0 Å². The Labute approximate surface area is 94.8 Å². The minimum Gasteiger partial charge on any atom is -0.348 e. The van der Waals surface area contributed by atoms with Gasteiger partial charge < -0.3 is 9.47 Å². The summed E-state index contributed by atoms with van der Waals surface area (Å²) in [6, 6.07) is 0. The molecule has 0 aromatic carbocycles. The highest BCUT2D eigenvalue weighted by molar-refractivity contribution is 9.09. The highest BCUT2D eigenvalue weighted by Gasteiger charge is 2.27. The second kappa shape index (κ2) is 4.77. The van der Waals surface area contributed by atoms with Crippen LogP contribution in [0.5, 0.6) is 0 Å². The van der Waals surface area contributed by atoms with Crippen LogP contribution in [0.2, 0.25) is 0 Å². The summed E-state index contributed by atoms with van der Waals surface area (Å²) in [4.78, 5) is 0.379. The molecule has 0 aromatic rings. The molecule has 0 saturated carbocycles. The predicted molar refractivity (Wildman–Crippen MR) is 61.6 cm³/mol. The average molecular weight is 263 g/mol. The van der Waals surface area contributed by atoms with E-state index in [9.17, 15) is 0 Å². The molecule has 1 aliphatic heterocycles. The summed E-state index contributed by atoms with van der Waals surface area (Å²) in [5, 5.41) is 0. The van der Waals surface area contributed by atoms with Crippen molar-refractivity contribution in [3.63, 3.8) is 0 Å². The van der Waals surface area contributed by atoms with Crippen LogP contribution in [-0.2, 0) is 9.47 Å². The Bertz CT molecular complexity index is 211. The highest BCUT2D eigenvalue weighted by Crippen LogP contribution is 2.24. The van der Waals surface area contributed by atoms with Gasteiger partial charge in [-0.25, -0.2) is 0 Å². The van der Waals surface area contributed by atoms with Crippen molar-refractivity contribution in [2.24, 2.45) is 5.41 Å². The van der Waals surface area contributed by atoms with Crippen LogP contribution in [0.15, 0.2) is 11.6 Å². The molecule has 1 atom stereocenters. The van der Waals surface area contributed by atoms with Gasteiger partial charge in [0.2, 0.25) is 0 Å². The van der Waals surface area contributed by atoms with Crippen molar-refractivity contribution in [1.82, 2.24) is 0 Å². The molecular weight excluding hydrogens is 244 g/mol. The first kappa shape index (κ1) is 12.2. The molecule has 0 spiro atoms. The Morgan fingerprint density at radius 3 is 2.36 bits per heavy atom. The zero-order chi connectivity index (χ0) is 10.8. The van der Waals surface area contributed by atoms with Crippen molar-refractivity contribution in [2.75, 3.05) is 13.2 Å². The average Bonchev–Trinajstić information content (AvgIpc) is 2.08. The van der Waals surface area contributed by atoms with Crippen molar-refractivity contribution >= 4 is 15.9 Å². The molecule has 0 amide bonds. The predicted octanol–water partition coefficient (Wildman–Crippen LogP) is 3.12. The van der Waals surface area contributed by atoms with Gasteiger partial charge in [-0.1, -0.05) is 35.4 Å². The fourth-order valence-corrected chi connectivity index (χ4v) is 1.30. The quantitative estimate of drug-likeness (QED) is 0.563. The lowest BCUT2D eigenvalue weighted by molar-refractivity contribution is -0.197. The summed E-state index contributed by atoms with van der Waals surface area (Å²) in [6.45, 7) is 9.99. The largest absolute Gasteiger partial charge is 0.348 e. The molecule has 0 N–H and O–H groups in total. The van der Waals surface area contributed by atoms with E-state index in [-0.39, 0.29) is 11.7 Å². The van der Waals surface area contributed by atoms with Gasteiger partial charge in [-0.05, 0) is 19.9 Å². The van der Waals surface area contributed by atoms with E-state index < -0.39 is 0 Å². The lowest BCUT2D eigenvalue weighted by Gasteiger charge is -2.33. The summed E-state index contributed by atoms with van der Waals surface area (Å²) in [6.07, 6.45) is 1.87. The summed E-state index contributed by atoms with van der Waals surface area (Å²) < 4.78 is 11.2. The van der Waals surface area contributed by atoms with Crippen LogP contribution in [0.3, 0.4) is 0 Å². The third-order valence-corrected chi connectivity index (χ3v) is 3.03. The van der Waals surface area contributed by atoms with E-state index >= 15 is 0 Å². The van der Waals surface area contributed by atoms with Gasteiger partial charge in [-0.3, -0.25) is 0 Å². The van der Waals surface area contributed by atoms with Crippen molar-refractivity contribution in [1.29, 1.82) is 0 Å². The molecular formula is C11H19BrO2. The number of rotatable bonds is 2. The smallest absolute Gasteiger partial charge is 0.177 e. The van der Waals surface area contributed by atoms with Gasteiger partial charge in [0.05, 0.1) is 13.2 Å². The lowest BCUT2D eigenvalue weighted by Crippen LogP contribution is -2.37. The molecule has 0 bridgehead atoms. The molecule has 1 rings (SSSR count). The van der Waals surface area contributed by atoms with Crippen LogP contribution in [0, 0.1) is 5.41 Å². The summed E-state index contributed by atoms with van der Waals surface area (Å²) in [5.41, 5.74) is 1.40. The molecule has 14 heavy (non-hydrogen) atoms. The number of hydrogen-bond acceptors (Lipinski definition) is 2. The maximum Gasteiger partial charge on any atom is 0.177 e. The van der Waals surface area contributed by atoms with Crippen molar-refractivity contribution in [3.8, 4) is 0 Å². The SMILES string of the molecule is CC(=CC1OCC(C)(C)CO1)C(C)Br. The maximum atomic E-state index is 5.59. The Balaban J connectivity index is 2.47. The standard InChI is InChI=1S/C11H19BrO2/c1-8(9(2)12)5-10-13-6-11(3,4)7-14-10/h5,9-10H,6-7H2,1-4H3. The summed E-state index contributed by atoms with van der Waals surface area (Å²) >= 11 is 3.51. The number of hydrogen-bond donors (Lipinski definition) is 0. The first-order valence-electron chi connectivity index (χ1n) is 4.96. The van der Waals surface area contributed by atoms with Crippen molar-refractivity contribution < 1.29 is 9.47 Å². The first-order valence-corrected chi connectivity index (χ1v) is 5.88. The van der Waals surface area contributed by atoms with Gasteiger partial charge in [-0.2, -0.15) is 0 Å². The highest BCUT2D eigenvalue weighted by atomic mass is 79.9. The minimum atomic E-state index is -0.164. The Kier molecular flexibility index (Phi) is 4.16. The van der Waals surface area contributed by atoms with Crippen LogP contribution in [0.25, 0.3) is 0 Å². The molecule has 0 radical (unpaired) electrons. The van der Waals surface area contributed by atoms with Crippen LogP contribution in [0.1, 0.15) is 27.7 Å². The van der Waals surface area contributed by atoms with E-state index in [0.29, 0.717) is 4.83 Å². The Hall–Kier alpha value is 0.140. The minimum absolute atomic E-state index is 0.151. The van der Waals surface area contributed by atoms with Gasteiger partial charge in [0.1, 0.15) is 0 Å². The molecule has 2 nitrogen and oxygen atoms in total. The normalized spacial score (nSPS) is 26.2. The summed E-state index contributed by atoms with van der Waals surface area (Å²) in [5.74, 6) is 0. The van der Waals surface area contributed by atoms with E-state index in [1.807, 2.05) is 6.08 Å². The summed E-state index contributed by atoms with van der Waals surface area (Å²) in [7, 11) is 0. The van der Waals surface area contributed by atoms with E-state index in [1.54, 1.807) is 0 Å². The molecule has 1 fully saturated rings. The van der Waals surface area contributed by atoms with Crippen molar-refractivity contribution in [2.45, 2.75) is 38.8 Å². The molecule has 1 aliphatic rings. The Morgan fingerprint density at radius 2 is 1.93 bits per heavy atom. The molecule has 1 heterocycles. The molecule has 1 unspecified atom stereocenters. The topological polar surface area (TPSA) is 18.5 Å². The fourth-order valence-electron chi connectivity index (χ4n) is 1.15. The van der Waals surface area contributed by atoms with Crippen molar-refractivity contribution in [3.05, 3.63) is 11.6 Å². The molecule has 0 aromatic heterocycles. The fraction of sp³-hybridized carbons (Fsp3) is 0.818. The second-order valence-electron chi connectivity index (χ2n) is 4.68. The van der Waals surface area contributed by atoms with Gasteiger partial charge in [0.15, 0.2) is 6.29 Å². The first-order chi connectivity index (χ1) is 6.41. The number of alkyl halides is 1. The van der Waals surface area contributed by atoms with E-state index in [4.69, 9.17) is 9.47 Å². The van der Waals surface area contributed by atoms with Crippen LogP contribution in [-0.4, -0.2) is 24.3 Å². The van der Waals surface area contributed by atoms with Crippen LogP contribution in [0.4, 0.5) is 0 Å². The van der Waals surface area contributed by atoms with Crippen LogP contribution >= 0.6 is 15.9 Å². The zero-order valence-corrected chi connectivity index (χ0v) is 10.9. The third-order valence-electron chi connectivity index (χ3n) is 2.30. The number of ether oxygens (including phenoxy) is 2. The van der Waals surface area contributed by atoms with E-state index in [2.05, 4.69) is 43.6 Å². The van der Waals surface area contributed by atoms with E-state index in [0.717, 1.165) is 13.2 Å². The van der Waals surface area contributed by atoms with Gasteiger partial charge in [-0.15, -0.1) is 0 Å². The van der Waals surface area contributed by atoms with Gasteiger partial charge >= 0.3 is 0 Å². The molecule has 1 saturated heterocycles. The molecule has 0 aliphatic carbocycles.